The molecule has 0 amide bonds. The van der Waals surface area contributed by atoms with Crippen LogP contribution in [-0.4, -0.2) is 18.8 Å². The Balaban J connectivity index is 2.11. The molecule has 0 aliphatic rings. The summed E-state index contributed by atoms with van der Waals surface area (Å²) in [5.41, 5.74) is 1.42. The standard InChI is InChI=1S/C14H17NS/c16-11-10-15-9-8-13-6-3-5-12-4-1-2-7-14(12)13/h1-7,15-16H,8-11H2. The summed E-state index contributed by atoms with van der Waals surface area (Å²) in [5.74, 6) is 0.898. The van der Waals surface area contributed by atoms with Crippen molar-refractivity contribution < 1.29 is 0 Å². The molecule has 0 atom stereocenters. The largest absolute Gasteiger partial charge is 0.316 e. The highest BCUT2D eigenvalue weighted by molar-refractivity contribution is 7.80. The van der Waals surface area contributed by atoms with Crippen molar-refractivity contribution in [3.8, 4) is 0 Å². The lowest BCUT2D eigenvalue weighted by molar-refractivity contribution is 0.724. The van der Waals surface area contributed by atoms with Crippen LogP contribution in [0.5, 0.6) is 0 Å². The van der Waals surface area contributed by atoms with Crippen molar-refractivity contribution in [2.24, 2.45) is 0 Å². The highest BCUT2D eigenvalue weighted by Gasteiger charge is 1.99. The van der Waals surface area contributed by atoms with Crippen LogP contribution in [0.4, 0.5) is 0 Å². The molecule has 0 fully saturated rings. The SMILES string of the molecule is SCCNCCc1cccc2ccccc12. The van der Waals surface area contributed by atoms with Crippen LogP contribution in [0.25, 0.3) is 10.8 Å². The maximum absolute atomic E-state index is 4.18. The summed E-state index contributed by atoms with van der Waals surface area (Å²) in [6, 6.07) is 15.1. The fourth-order valence-corrected chi connectivity index (χ4v) is 2.10. The Morgan fingerprint density at radius 3 is 2.62 bits per heavy atom. The smallest absolute Gasteiger partial charge is 0.00398 e. The molecule has 0 radical (unpaired) electrons. The molecule has 0 heterocycles. The third-order valence-electron chi connectivity index (χ3n) is 2.74. The maximum atomic E-state index is 4.18. The molecule has 0 saturated heterocycles. The number of hydrogen-bond acceptors (Lipinski definition) is 2. The van der Waals surface area contributed by atoms with Gasteiger partial charge in [-0.3, -0.25) is 0 Å². The predicted octanol–water partition coefficient (Wildman–Crippen LogP) is 2.90. The number of fused-ring (bicyclic) bond motifs is 1. The van der Waals surface area contributed by atoms with Gasteiger partial charge in [-0.05, 0) is 29.3 Å². The minimum Gasteiger partial charge on any atom is -0.316 e. The van der Waals surface area contributed by atoms with Gasteiger partial charge in [0.05, 0.1) is 0 Å². The van der Waals surface area contributed by atoms with Crippen molar-refractivity contribution in [2.75, 3.05) is 18.8 Å². The Bertz CT molecular complexity index is 448. The fourth-order valence-electron chi connectivity index (χ4n) is 1.94. The molecule has 0 unspecified atom stereocenters. The van der Waals surface area contributed by atoms with Crippen molar-refractivity contribution >= 4 is 23.4 Å². The van der Waals surface area contributed by atoms with Crippen LogP contribution in [0.2, 0.25) is 0 Å². The van der Waals surface area contributed by atoms with Gasteiger partial charge in [0.2, 0.25) is 0 Å². The van der Waals surface area contributed by atoms with Gasteiger partial charge in [0.25, 0.3) is 0 Å². The van der Waals surface area contributed by atoms with Crippen molar-refractivity contribution in [1.29, 1.82) is 0 Å². The molecular weight excluding hydrogens is 214 g/mol. The van der Waals surface area contributed by atoms with Crippen molar-refractivity contribution in [3.63, 3.8) is 0 Å². The zero-order chi connectivity index (χ0) is 11.2. The van der Waals surface area contributed by atoms with E-state index in [9.17, 15) is 0 Å². The number of nitrogens with one attached hydrogen (secondary N) is 1. The summed E-state index contributed by atoms with van der Waals surface area (Å²) in [6.07, 6.45) is 1.08. The van der Waals surface area contributed by atoms with Crippen LogP contribution < -0.4 is 5.32 Å². The summed E-state index contributed by atoms with van der Waals surface area (Å²) in [7, 11) is 0. The Morgan fingerprint density at radius 1 is 0.938 bits per heavy atom. The Labute approximate surface area is 102 Å². The highest BCUT2D eigenvalue weighted by atomic mass is 32.1. The van der Waals surface area contributed by atoms with Gasteiger partial charge in [-0.2, -0.15) is 12.6 Å². The number of thiol groups is 1. The monoisotopic (exact) mass is 231 g/mol. The molecule has 2 aromatic carbocycles. The minimum atomic E-state index is 0.898. The third kappa shape index (κ3) is 2.77. The molecule has 0 aliphatic carbocycles. The number of benzene rings is 2. The van der Waals surface area contributed by atoms with E-state index in [1.165, 1.54) is 16.3 Å². The maximum Gasteiger partial charge on any atom is 0.00398 e. The van der Waals surface area contributed by atoms with Gasteiger partial charge >= 0.3 is 0 Å². The summed E-state index contributed by atoms with van der Waals surface area (Å²) in [4.78, 5) is 0. The highest BCUT2D eigenvalue weighted by Crippen LogP contribution is 2.18. The van der Waals surface area contributed by atoms with E-state index in [1.54, 1.807) is 0 Å². The summed E-state index contributed by atoms with van der Waals surface area (Å²) in [5, 5.41) is 6.07. The second kappa shape index (κ2) is 5.92. The van der Waals surface area contributed by atoms with Gasteiger partial charge in [-0.25, -0.2) is 0 Å². The van der Waals surface area contributed by atoms with Crippen LogP contribution in [0, 0.1) is 0 Å². The lowest BCUT2D eigenvalue weighted by Gasteiger charge is -2.07. The summed E-state index contributed by atoms with van der Waals surface area (Å²) >= 11 is 4.18. The average Bonchev–Trinajstić information content (AvgIpc) is 2.35. The third-order valence-corrected chi connectivity index (χ3v) is 2.96. The van der Waals surface area contributed by atoms with E-state index in [0.717, 1.165) is 25.3 Å². The van der Waals surface area contributed by atoms with E-state index in [0.29, 0.717) is 0 Å². The Hall–Kier alpha value is -0.990. The molecule has 0 saturated carbocycles. The Kier molecular flexibility index (Phi) is 4.25. The molecule has 16 heavy (non-hydrogen) atoms. The quantitative estimate of drug-likeness (QED) is 0.595. The van der Waals surface area contributed by atoms with Crippen LogP contribution in [0.15, 0.2) is 42.5 Å². The second-order valence-electron chi connectivity index (χ2n) is 3.86. The molecule has 0 bridgehead atoms. The van der Waals surface area contributed by atoms with Gasteiger partial charge in [0.15, 0.2) is 0 Å². The summed E-state index contributed by atoms with van der Waals surface area (Å²) < 4.78 is 0. The van der Waals surface area contributed by atoms with E-state index in [4.69, 9.17) is 0 Å². The lowest BCUT2D eigenvalue weighted by Crippen LogP contribution is -2.19. The Morgan fingerprint density at radius 2 is 1.75 bits per heavy atom. The van der Waals surface area contributed by atoms with Crippen LogP contribution in [0.3, 0.4) is 0 Å². The molecule has 2 aromatic rings. The van der Waals surface area contributed by atoms with E-state index >= 15 is 0 Å². The normalized spacial score (nSPS) is 10.8. The van der Waals surface area contributed by atoms with Crippen molar-refractivity contribution in [2.45, 2.75) is 6.42 Å². The number of rotatable bonds is 5. The molecular formula is C14H17NS. The average molecular weight is 231 g/mol. The topological polar surface area (TPSA) is 12.0 Å². The van der Waals surface area contributed by atoms with Gasteiger partial charge in [0.1, 0.15) is 0 Å². The van der Waals surface area contributed by atoms with Gasteiger partial charge in [-0.1, -0.05) is 42.5 Å². The van der Waals surface area contributed by atoms with E-state index < -0.39 is 0 Å². The van der Waals surface area contributed by atoms with Gasteiger partial charge in [0, 0.05) is 12.3 Å². The van der Waals surface area contributed by atoms with Crippen LogP contribution in [-0.2, 0) is 6.42 Å². The van der Waals surface area contributed by atoms with E-state index in [-0.39, 0.29) is 0 Å². The molecule has 2 rings (SSSR count). The molecule has 0 aliphatic heterocycles. The van der Waals surface area contributed by atoms with Crippen LogP contribution in [0.1, 0.15) is 5.56 Å². The van der Waals surface area contributed by atoms with Crippen LogP contribution >= 0.6 is 12.6 Å². The molecule has 1 nitrogen and oxygen atoms in total. The first-order valence-corrected chi connectivity index (χ1v) is 6.33. The zero-order valence-corrected chi connectivity index (χ0v) is 10.2. The zero-order valence-electron chi connectivity index (χ0n) is 9.32. The second-order valence-corrected chi connectivity index (χ2v) is 4.31. The van der Waals surface area contributed by atoms with Gasteiger partial charge < -0.3 is 5.32 Å². The molecule has 0 aromatic heterocycles. The van der Waals surface area contributed by atoms with E-state index in [2.05, 4.69) is 60.4 Å². The molecule has 1 N–H and O–H groups in total. The minimum absolute atomic E-state index is 0.898. The first-order valence-electron chi connectivity index (χ1n) is 5.70. The molecule has 84 valence electrons. The summed E-state index contributed by atoms with van der Waals surface area (Å²) in [6.45, 7) is 2.00. The first kappa shape index (κ1) is 11.5. The van der Waals surface area contributed by atoms with Crippen molar-refractivity contribution in [1.82, 2.24) is 5.32 Å². The lowest BCUT2D eigenvalue weighted by atomic mass is 10.0. The van der Waals surface area contributed by atoms with Crippen molar-refractivity contribution in [3.05, 3.63) is 48.0 Å². The molecule has 0 spiro atoms. The first-order chi connectivity index (χ1) is 7.92. The number of hydrogen-bond donors (Lipinski definition) is 2. The van der Waals surface area contributed by atoms with E-state index in [1.807, 2.05) is 0 Å². The molecule has 2 heteroatoms. The van der Waals surface area contributed by atoms with Gasteiger partial charge in [-0.15, -0.1) is 0 Å². The predicted molar refractivity (Wildman–Crippen MR) is 74.4 cm³/mol. The fraction of sp³-hybridized carbons (Fsp3) is 0.286.